The zero-order chi connectivity index (χ0) is 17.3. The molecule has 0 saturated carbocycles. The minimum absolute atomic E-state index is 0.390. The van der Waals surface area contributed by atoms with Gasteiger partial charge < -0.3 is 0 Å². The van der Waals surface area contributed by atoms with Crippen molar-refractivity contribution in [3.05, 3.63) is 5.82 Å². The van der Waals surface area contributed by atoms with E-state index in [1.54, 1.807) is 0 Å². The van der Waals surface area contributed by atoms with Gasteiger partial charge in [-0.1, -0.05) is 13.8 Å². The number of tetrazole rings is 1. The molecule has 2 heterocycles. The molecule has 1 aliphatic heterocycles. The van der Waals surface area contributed by atoms with E-state index in [9.17, 15) is 8.42 Å². The van der Waals surface area contributed by atoms with Crippen LogP contribution in [0.15, 0.2) is 0 Å². The Hall–Kier alpha value is -1.06. The van der Waals surface area contributed by atoms with Crippen LogP contribution in [0, 0.1) is 5.92 Å². The summed E-state index contributed by atoms with van der Waals surface area (Å²) in [5.41, 5.74) is -0.484. The molecular weight excluding hydrogens is 316 g/mol. The molecule has 132 valence electrons. The molecule has 8 nitrogen and oxygen atoms in total. The largest absolute Gasteiger partial charge is 0.296 e. The number of hydrogen-bond acceptors (Lipinski definition) is 6. The van der Waals surface area contributed by atoms with Crippen LogP contribution in [0.4, 0.5) is 0 Å². The Morgan fingerprint density at radius 1 is 1.35 bits per heavy atom. The van der Waals surface area contributed by atoms with Gasteiger partial charge >= 0.3 is 0 Å². The van der Waals surface area contributed by atoms with Crippen LogP contribution >= 0.6 is 0 Å². The molecule has 0 aromatic carbocycles. The van der Waals surface area contributed by atoms with E-state index in [0.717, 1.165) is 31.6 Å². The minimum Gasteiger partial charge on any atom is -0.296 e. The third-order valence-corrected chi connectivity index (χ3v) is 5.88. The standard InChI is InChI=1S/C14H28N6O2S/c1-12(2)7-10-20-13(15-16-17-20)14(18(3)4)8-6-9-19(11-14)23(5,21)22/h12H,6-11H2,1-5H3. The second-order valence-electron chi connectivity index (χ2n) is 7.03. The van der Waals surface area contributed by atoms with E-state index >= 15 is 0 Å². The second kappa shape index (κ2) is 6.82. The molecule has 1 fully saturated rings. The summed E-state index contributed by atoms with van der Waals surface area (Å²) in [5, 5.41) is 12.3. The lowest BCUT2D eigenvalue weighted by Gasteiger charge is -2.45. The van der Waals surface area contributed by atoms with Crippen LogP contribution in [-0.2, 0) is 22.1 Å². The Morgan fingerprint density at radius 2 is 2.04 bits per heavy atom. The highest BCUT2D eigenvalue weighted by Crippen LogP contribution is 2.35. The predicted octanol–water partition coefficient (Wildman–Crippen LogP) is 0.532. The highest BCUT2D eigenvalue weighted by Gasteiger charge is 2.45. The fraction of sp³-hybridized carbons (Fsp3) is 0.929. The first-order chi connectivity index (χ1) is 10.7. The van der Waals surface area contributed by atoms with Crippen molar-refractivity contribution >= 4 is 10.0 Å². The molecule has 1 saturated heterocycles. The van der Waals surface area contributed by atoms with E-state index in [4.69, 9.17) is 0 Å². The molecule has 2 rings (SSSR count). The monoisotopic (exact) mass is 344 g/mol. The van der Waals surface area contributed by atoms with Crippen molar-refractivity contribution in [2.45, 2.75) is 45.2 Å². The maximum atomic E-state index is 12.0. The van der Waals surface area contributed by atoms with Crippen LogP contribution in [0.5, 0.6) is 0 Å². The zero-order valence-corrected chi connectivity index (χ0v) is 15.5. The fourth-order valence-corrected chi connectivity index (χ4v) is 4.01. The van der Waals surface area contributed by atoms with Gasteiger partial charge in [-0.2, -0.15) is 4.31 Å². The van der Waals surface area contributed by atoms with Gasteiger partial charge in [0.2, 0.25) is 10.0 Å². The van der Waals surface area contributed by atoms with Crippen LogP contribution < -0.4 is 0 Å². The van der Waals surface area contributed by atoms with Gasteiger partial charge in [-0.05, 0) is 49.7 Å². The van der Waals surface area contributed by atoms with Gasteiger partial charge in [0.1, 0.15) is 0 Å². The number of aryl methyl sites for hydroxylation is 1. The summed E-state index contributed by atoms with van der Waals surface area (Å²) in [5.74, 6) is 1.32. The molecule has 1 aromatic rings. The third-order valence-electron chi connectivity index (χ3n) is 4.63. The van der Waals surface area contributed by atoms with Gasteiger partial charge in [0.25, 0.3) is 0 Å². The Kier molecular flexibility index (Phi) is 5.42. The van der Waals surface area contributed by atoms with Gasteiger partial charge in [0, 0.05) is 19.6 Å². The summed E-state index contributed by atoms with van der Waals surface area (Å²) in [6.45, 7) is 6.02. The molecule has 0 bridgehead atoms. The highest BCUT2D eigenvalue weighted by molar-refractivity contribution is 7.88. The van der Waals surface area contributed by atoms with Crippen molar-refractivity contribution < 1.29 is 8.42 Å². The maximum Gasteiger partial charge on any atom is 0.211 e. The van der Waals surface area contributed by atoms with Gasteiger partial charge in [-0.3, -0.25) is 4.90 Å². The lowest BCUT2D eigenvalue weighted by molar-refractivity contribution is 0.0640. The van der Waals surface area contributed by atoms with Crippen molar-refractivity contribution in [1.82, 2.24) is 29.4 Å². The van der Waals surface area contributed by atoms with E-state index in [1.807, 2.05) is 18.8 Å². The summed E-state index contributed by atoms with van der Waals surface area (Å²) in [6, 6.07) is 0. The Morgan fingerprint density at radius 3 is 2.61 bits per heavy atom. The first-order valence-electron chi connectivity index (χ1n) is 8.06. The minimum atomic E-state index is -3.23. The number of piperidine rings is 1. The highest BCUT2D eigenvalue weighted by atomic mass is 32.2. The molecule has 1 aromatic heterocycles. The van der Waals surface area contributed by atoms with Crippen LogP contribution in [0.3, 0.4) is 0 Å². The summed E-state index contributed by atoms with van der Waals surface area (Å²) in [7, 11) is 0.700. The molecule has 0 radical (unpaired) electrons. The van der Waals surface area contributed by atoms with E-state index in [-0.39, 0.29) is 0 Å². The molecule has 0 N–H and O–H groups in total. The molecule has 0 aliphatic carbocycles. The molecule has 1 unspecified atom stereocenters. The smallest absolute Gasteiger partial charge is 0.211 e. The Bertz CT molecular complexity index is 627. The average Bonchev–Trinajstić information content (AvgIpc) is 2.93. The van der Waals surface area contributed by atoms with Gasteiger partial charge in [-0.25, -0.2) is 13.1 Å². The van der Waals surface area contributed by atoms with E-state index in [1.165, 1.54) is 10.6 Å². The summed E-state index contributed by atoms with van der Waals surface area (Å²) in [4.78, 5) is 2.06. The Balaban J connectivity index is 2.37. The van der Waals surface area contributed by atoms with E-state index < -0.39 is 15.6 Å². The van der Waals surface area contributed by atoms with Crippen LogP contribution in [0.1, 0.15) is 38.9 Å². The molecule has 1 atom stereocenters. The first-order valence-corrected chi connectivity index (χ1v) is 9.91. The molecule has 1 aliphatic rings. The molecular formula is C14H28N6O2S. The Labute approximate surface area is 138 Å². The van der Waals surface area contributed by atoms with Gasteiger partial charge in [0.15, 0.2) is 5.82 Å². The lowest BCUT2D eigenvalue weighted by Crippen LogP contribution is -2.56. The SMILES string of the molecule is CC(C)CCn1nnnc1C1(N(C)C)CCCN(S(C)(=O)=O)C1. The number of rotatable bonds is 6. The summed E-state index contributed by atoms with van der Waals surface area (Å²) < 4.78 is 27.4. The van der Waals surface area contributed by atoms with Crippen LogP contribution in [-0.4, -0.2) is 71.3 Å². The van der Waals surface area contributed by atoms with Crippen LogP contribution in [0.25, 0.3) is 0 Å². The van der Waals surface area contributed by atoms with Crippen molar-refractivity contribution in [3.8, 4) is 0 Å². The zero-order valence-electron chi connectivity index (χ0n) is 14.7. The van der Waals surface area contributed by atoms with Crippen molar-refractivity contribution in [1.29, 1.82) is 0 Å². The molecule has 0 amide bonds. The number of aromatic nitrogens is 4. The predicted molar refractivity (Wildman–Crippen MR) is 88.3 cm³/mol. The lowest BCUT2D eigenvalue weighted by atomic mass is 9.87. The molecule has 23 heavy (non-hydrogen) atoms. The second-order valence-corrected chi connectivity index (χ2v) is 9.02. The number of likely N-dealkylation sites (N-methyl/N-ethyl adjacent to an activating group) is 1. The summed E-state index contributed by atoms with van der Waals surface area (Å²) >= 11 is 0. The fourth-order valence-electron chi connectivity index (χ4n) is 3.10. The first kappa shape index (κ1) is 18.3. The van der Waals surface area contributed by atoms with Crippen molar-refractivity contribution in [2.24, 2.45) is 5.92 Å². The molecule has 9 heteroatoms. The third kappa shape index (κ3) is 3.89. The van der Waals surface area contributed by atoms with Gasteiger partial charge in [-0.15, -0.1) is 5.10 Å². The van der Waals surface area contributed by atoms with Crippen LogP contribution in [0.2, 0.25) is 0 Å². The van der Waals surface area contributed by atoms with E-state index in [2.05, 4.69) is 34.3 Å². The van der Waals surface area contributed by atoms with E-state index in [0.29, 0.717) is 19.0 Å². The molecule has 0 spiro atoms. The topological polar surface area (TPSA) is 84.2 Å². The maximum absolute atomic E-state index is 12.0. The van der Waals surface area contributed by atoms with Gasteiger partial charge in [0.05, 0.1) is 11.8 Å². The summed E-state index contributed by atoms with van der Waals surface area (Å²) in [6.07, 6.45) is 3.88. The number of sulfonamides is 1. The van der Waals surface area contributed by atoms with Crippen molar-refractivity contribution in [3.63, 3.8) is 0 Å². The number of nitrogens with zero attached hydrogens (tertiary/aromatic N) is 6. The average molecular weight is 344 g/mol. The normalized spacial score (nSPS) is 23.8. The quantitative estimate of drug-likeness (QED) is 0.748. The van der Waals surface area contributed by atoms with Crippen molar-refractivity contribution in [2.75, 3.05) is 33.4 Å². The number of hydrogen-bond donors (Lipinski definition) is 0.